The first-order valence-corrected chi connectivity index (χ1v) is 10.0. The summed E-state index contributed by atoms with van der Waals surface area (Å²) in [6.45, 7) is 0.363. The van der Waals surface area contributed by atoms with Crippen LogP contribution in [0.4, 0.5) is 8.78 Å². The van der Waals surface area contributed by atoms with E-state index in [1.54, 1.807) is 24.3 Å². The normalized spacial score (nSPS) is 14.5. The topological polar surface area (TPSA) is 59.5 Å². The Labute approximate surface area is 179 Å². The Morgan fingerprint density at radius 2 is 1.74 bits per heavy atom. The number of likely N-dealkylation sites (tertiary alicyclic amines) is 1. The molecule has 31 heavy (non-hydrogen) atoms. The molecular formula is C25H20F2N2O2. The van der Waals surface area contributed by atoms with Gasteiger partial charge >= 0.3 is 0 Å². The molecule has 0 unspecified atom stereocenters. The fraction of sp³-hybridized carbons (Fsp3) is 0.160. The van der Waals surface area contributed by atoms with Gasteiger partial charge in [-0.3, -0.25) is 4.79 Å². The van der Waals surface area contributed by atoms with Crippen molar-refractivity contribution in [3.8, 4) is 22.3 Å². The summed E-state index contributed by atoms with van der Waals surface area (Å²) >= 11 is 0. The molecule has 4 aromatic rings. The number of hydrogen-bond donors (Lipinski definition) is 1. The van der Waals surface area contributed by atoms with E-state index in [0.717, 1.165) is 22.3 Å². The minimum Gasteiger partial charge on any atom is -0.459 e. The van der Waals surface area contributed by atoms with Crippen LogP contribution in [0.3, 0.4) is 0 Å². The Morgan fingerprint density at radius 3 is 2.39 bits per heavy atom. The lowest BCUT2D eigenvalue weighted by molar-refractivity contribution is 0.0400. The summed E-state index contributed by atoms with van der Waals surface area (Å²) < 4.78 is 40.9. The maximum atomic E-state index is 13.5. The van der Waals surface area contributed by atoms with Crippen LogP contribution in [-0.4, -0.2) is 30.1 Å². The second-order valence-electron chi connectivity index (χ2n) is 7.65. The molecule has 2 N–H and O–H groups in total. The smallest absolute Gasteiger partial charge is 0.254 e. The van der Waals surface area contributed by atoms with Gasteiger partial charge in [0.05, 0.1) is 21.0 Å². The monoisotopic (exact) mass is 419 g/mol. The third-order valence-electron chi connectivity index (χ3n) is 5.52. The molecule has 5 rings (SSSR count). The van der Waals surface area contributed by atoms with E-state index in [0.29, 0.717) is 22.3 Å². The minimum absolute atomic E-state index is 0.0960. The highest BCUT2D eigenvalue weighted by molar-refractivity contribution is 5.98. The molecule has 0 atom stereocenters. The van der Waals surface area contributed by atoms with Gasteiger partial charge < -0.3 is 15.1 Å². The number of hydrogen-bond acceptors (Lipinski definition) is 3. The Bertz CT molecular complexity index is 1310. The number of carbonyl (C=O) groups is 1. The van der Waals surface area contributed by atoms with Gasteiger partial charge in [-0.1, -0.05) is 24.3 Å². The van der Waals surface area contributed by atoms with Gasteiger partial charge in [0.2, 0.25) is 0 Å². The Kier molecular flexibility index (Phi) is 4.50. The van der Waals surface area contributed by atoms with Crippen LogP contribution >= 0.6 is 0 Å². The average molecular weight is 419 g/mol. The molecule has 0 radical (unpaired) electrons. The number of amides is 1. The van der Waals surface area contributed by atoms with Crippen molar-refractivity contribution in [2.24, 2.45) is 5.73 Å². The number of fused-ring (bicyclic) bond motifs is 1. The van der Waals surface area contributed by atoms with Gasteiger partial charge in [0, 0.05) is 16.5 Å². The summed E-state index contributed by atoms with van der Waals surface area (Å²) in [7, 11) is 0. The standard InChI is InChI=1S/C25H20F2N2O2/c26-20-7-5-16(6-8-20)23-11-18(9-19-10-22(12-28)31-24(19)23)15-1-3-17(4-2-15)25(30)29-13-21(27)14-29/h1-11,21H,12-14,28H2/i10D. The molecule has 2 heterocycles. The van der Waals surface area contributed by atoms with E-state index in [9.17, 15) is 13.6 Å². The van der Waals surface area contributed by atoms with Gasteiger partial charge in [-0.05, 0) is 59.1 Å². The fourth-order valence-corrected chi connectivity index (χ4v) is 3.81. The molecule has 1 saturated heterocycles. The second-order valence-corrected chi connectivity index (χ2v) is 7.65. The van der Waals surface area contributed by atoms with Crippen LogP contribution in [0, 0.1) is 5.82 Å². The van der Waals surface area contributed by atoms with Crippen molar-refractivity contribution in [2.75, 3.05) is 13.1 Å². The van der Waals surface area contributed by atoms with E-state index in [1.165, 1.54) is 17.0 Å². The highest BCUT2D eigenvalue weighted by atomic mass is 19.1. The second kappa shape index (κ2) is 7.63. The summed E-state index contributed by atoms with van der Waals surface area (Å²) in [5.74, 6) is -0.156. The van der Waals surface area contributed by atoms with Crippen LogP contribution < -0.4 is 5.73 Å². The number of halogens is 2. The Hall–Kier alpha value is -3.51. The maximum Gasteiger partial charge on any atom is 0.254 e. The number of nitrogens with zero attached hydrogens (tertiary/aromatic N) is 1. The SMILES string of the molecule is [2H]c1c(CN)oc2c(-c3ccc(F)cc3)cc(-c3ccc(C(=O)N4CC(F)C4)cc3)cc12. The van der Waals surface area contributed by atoms with Crippen molar-refractivity contribution in [1.82, 2.24) is 4.90 Å². The molecular weight excluding hydrogens is 398 g/mol. The maximum absolute atomic E-state index is 13.5. The first kappa shape index (κ1) is 18.3. The first-order valence-electron chi connectivity index (χ1n) is 10.5. The number of benzene rings is 3. The number of alkyl halides is 1. The van der Waals surface area contributed by atoms with Gasteiger partial charge in [-0.2, -0.15) is 0 Å². The zero-order valence-electron chi connectivity index (χ0n) is 17.6. The number of rotatable bonds is 4. The van der Waals surface area contributed by atoms with Crippen molar-refractivity contribution in [1.29, 1.82) is 0 Å². The molecule has 4 nitrogen and oxygen atoms in total. The fourth-order valence-electron chi connectivity index (χ4n) is 3.81. The third kappa shape index (κ3) is 3.59. The highest BCUT2D eigenvalue weighted by Gasteiger charge is 2.30. The lowest BCUT2D eigenvalue weighted by Crippen LogP contribution is -2.51. The molecule has 3 aromatic carbocycles. The van der Waals surface area contributed by atoms with Crippen LogP contribution in [0.25, 0.3) is 33.2 Å². The average Bonchev–Trinajstić information content (AvgIpc) is 3.12. The summed E-state index contributed by atoms with van der Waals surface area (Å²) in [5.41, 5.74) is 9.90. The van der Waals surface area contributed by atoms with E-state index < -0.39 is 6.17 Å². The van der Waals surface area contributed by atoms with Gasteiger partial charge in [-0.25, -0.2) is 8.78 Å². The molecule has 156 valence electrons. The van der Waals surface area contributed by atoms with Crippen molar-refractivity contribution < 1.29 is 19.4 Å². The van der Waals surface area contributed by atoms with Gasteiger partial charge in [-0.15, -0.1) is 0 Å². The van der Waals surface area contributed by atoms with E-state index in [4.69, 9.17) is 11.5 Å². The number of furan rings is 1. The Morgan fingerprint density at radius 1 is 1.06 bits per heavy atom. The van der Waals surface area contributed by atoms with E-state index in [1.807, 2.05) is 24.3 Å². The number of nitrogens with two attached hydrogens (primary N) is 1. The van der Waals surface area contributed by atoms with Crippen LogP contribution in [-0.2, 0) is 6.54 Å². The third-order valence-corrected chi connectivity index (χ3v) is 5.52. The van der Waals surface area contributed by atoms with Crippen molar-refractivity contribution in [3.63, 3.8) is 0 Å². The van der Waals surface area contributed by atoms with Crippen LogP contribution in [0.15, 0.2) is 71.1 Å². The van der Waals surface area contributed by atoms with Crippen molar-refractivity contribution in [3.05, 3.63) is 83.8 Å². The molecule has 0 aliphatic carbocycles. The quantitative estimate of drug-likeness (QED) is 0.497. The summed E-state index contributed by atoms with van der Waals surface area (Å²) in [6.07, 6.45) is -0.942. The predicted octanol–water partition coefficient (Wildman–Crippen LogP) is 5.16. The number of carbonyl (C=O) groups excluding carboxylic acids is 1. The molecule has 1 aliphatic heterocycles. The zero-order chi connectivity index (χ0) is 22.4. The van der Waals surface area contributed by atoms with Crippen LogP contribution in [0.5, 0.6) is 0 Å². The summed E-state index contributed by atoms with van der Waals surface area (Å²) in [5, 5.41) is 0.608. The van der Waals surface area contributed by atoms with Gasteiger partial charge in [0.25, 0.3) is 5.91 Å². The Balaban J connectivity index is 1.59. The molecule has 0 bridgehead atoms. The lowest BCUT2D eigenvalue weighted by Gasteiger charge is -2.34. The first-order chi connectivity index (χ1) is 15.4. The molecule has 0 spiro atoms. The van der Waals surface area contributed by atoms with Gasteiger partial charge in [0.15, 0.2) is 0 Å². The summed E-state index contributed by atoms with van der Waals surface area (Å²) in [6, 6.07) is 17.1. The molecule has 0 saturated carbocycles. The lowest BCUT2D eigenvalue weighted by atomic mass is 9.96. The van der Waals surface area contributed by atoms with E-state index >= 15 is 0 Å². The van der Waals surface area contributed by atoms with E-state index in [2.05, 4.69) is 0 Å². The van der Waals surface area contributed by atoms with E-state index in [-0.39, 0.29) is 37.4 Å². The zero-order valence-corrected chi connectivity index (χ0v) is 16.6. The van der Waals surface area contributed by atoms with Crippen LogP contribution in [0.1, 0.15) is 17.5 Å². The molecule has 1 amide bonds. The predicted molar refractivity (Wildman–Crippen MR) is 116 cm³/mol. The van der Waals surface area contributed by atoms with Gasteiger partial charge in [0.1, 0.15) is 23.3 Å². The molecule has 1 aromatic heterocycles. The molecule has 6 heteroatoms. The highest BCUT2D eigenvalue weighted by Crippen LogP contribution is 2.36. The van der Waals surface area contributed by atoms with Crippen LogP contribution in [0.2, 0.25) is 0 Å². The molecule has 1 aliphatic rings. The minimum atomic E-state index is -0.942. The van der Waals surface area contributed by atoms with Crippen molar-refractivity contribution >= 4 is 16.9 Å². The largest absolute Gasteiger partial charge is 0.459 e. The summed E-state index contributed by atoms with van der Waals surface area (Å²) in [4.78, 5) is 13.9. The molecule has 1 fully saturated rings. The van der Waals surface area contributed by atoms with Crippen molar-refractivity contribution in [2.45, 2.75) is 12.7 Å².